The van der Waals surface area contributed by atoms with Gasteiger partial charge in [0.15, 0.2) is 5.82 Å². The molecule has 15 heavy (non-hydrogen) atoms. The van der Waals surface area contributed by atoms with Gasteiger partial charge in [-0.15, -0.1) is 0 Å². The molecular weight excluding hydrogens is 212 g/mol. The van der Waals surface area contributed by atoms with E-state index in [4.69, 9.17) is 17.3 Å². The maximum Gasteiger partial charge on any atom is 0.170 e. The molecule has 0 radical (unpaired) electrons. The van der Waals surface area contributed by atoms with Gasteiger partial charge in [0.2, 0.25) is 0 Å². The molecule has 0 aliphatic carbocycles. The Balaban J connectivity index is 3.15. The number of halogens is 1. The van der Waals surface area contributed by atoms with E-state index in [0.717, 1.165) is 11.4 Å². The van der Waals surface area contributed by atoms with E-state index in [1.54, 1.807) is 4.68 Å². The second kappa shape index (κ2) is 4.79. The van der Waals surface area contributed by atoms with Crippen LogP contribution in [0.25, 0.3) is 5.82 Å². The van der Waals surface area contributed by atoms with Crippen LogP contribution in [0, 0.1) is 13.8 Å². The first-order chi connectivity index (χ1) is 7.08. The Kier molecular flexibility index (Phi) is 3.68. The molecule has 0 fully saturated rings. The lowest BCUT2D eigenvalue weighted by atomic mass is 10.4. The van der Waals surface area contributed by atoms with Crippen LogP contribution in [0.4, 0.5) is 0 Å². The Labute approximate surface area is 93.8 Å². The van der Waals surface area contributed by atoms with Crippen molar-refractivity contribution in [2.45, 2.75) is 13.8 Å². The average molecular weight is 225 g/mol. The Bertz CT molecular complexity index is 429. The number of rotatable bonds is 3. The molecule has 1 aromatic heterocycles. The number of aliphatic imine (C=N–C) groups is 1. The number of nitrogens with two attached hydrogens (primary N) is 1. The molecule has 2 N–H and O–H groups in total. The van der Waals surface area contributed by atoms with Crippen molar-refractivity contribution >= 4 is 22.6 Å². The first-order valence-electron chi connectivity index (χ1n) is 4.40. The first kappa shape index (κ1) is 11.5. The highest BCUT2D eigenvalue weighted by atomic mass is 35.5. The average Bonchev–Trinajstić information content (AvgIpc) is 2.54. The van der Waals surface area contributed by atoms with Gasteiger partial charge in [0.25, 0.3) is 0 Å². The summed E-state index contributed by atoms with van der Waals surface area (Å²) in [4.78, 5) is 4.06. The lowest BCUT2D eigenvalue weighted by molar-refractivity contribution is 0.839. The molecule has 80 valence electrons. The summed E-state index contributed by atoms with van der Waals surface area (Å²) in [5.41, 5.74) is 7.31. The van der Waals surface area contributed by atoms with Gasteiger partial charge in [0, 0.05) is 11.9 Å². The minimum absolute atomic E-state index is 0.277. The fourth-order valence-electron chi connectivity index (χ4n) is 1.17. The summed E-state index contributed by atoms with van der Waals surface area (Å²) in [5, 5.41) is 4.51. The van der Waals surface area contributed by atoms with Crippen molar-refractivity contribution in [3.63, 3.8) is 0 Å². The van der Waals surface area contributed by atoms with Crippen molar-refractivity contribution in [1.29, 1.82) is 0 Å². The zero-order valence-corrected chi connectivity index (χ0v) is 9.49. The molecule has 0 saturated heterocycles. The summed E-state index contributed by atoms with van der Waals surface area (Å²) < 4.78 is 1.63. The van der Waals surface area contributed by atoms with Gasteiger partial charge >= 0.3 is 0 Å². The van der Waals surface area contributed by atoms with E-state index in [-0.39, 0.29) is 5.17 Å². The highest BCUT2D eigenvalue weighted by Crippen LogP contribution is 2.11. The molecule has 0 bridgehead atoms. The normalized spacial score (nSPS) is 13.0. The SMILES string of the molecule is C=C/C(Cl)=N\C(=C/N)n1nc(C)cc1C. The second-order valence-electron chi connectivity index (χ2n) is 3.00. The van der Waals surface area contributed by atoms with Crippen molar-refractivity contribution < 1.29 is 0 Å². The Hall–Kier alpha value is -1.55. The summed E-state index contributed by atoms with van der Waals surface area (Å²) in [6.07, 6.45) is 2.79. The highest BCUT2D eigenvalue weighted by molar-refractivity contribution is 6.68. The standard InChI is InChI=1S/C10H13ClN4/c1-4-9(11)13-10(6-12)15-8(3)5-7(2)14-15/h4-6H,1,12H2,2-3H3/b10-6+,13-9+. The second-order valence-corrected chi connectivity index (χ2v) is 3.39. The van der Waals surface area contributed by atoms with E-state index in [0.29, 0.717) is 5.82 Å². The van der Waals surface area contributed by atoms with Crippen molar-refractivity contribution in [3.8, 4) is 0 Å². The number of allylic oxidation sites excluding steroid dienone is 1. The first-order valence-corrected chi connectivity index (χ1v) is 4.78. The minimum Gasteiger partial charge on any atom is -0.402 e. The lowest BCUT2D eigenvalue weighted by Crippen LogP contribution is -2.03. The molecule has 1 heterocycles. The quantitative estimate of drug-likeness (QED) is 0.799. The zero-order chi connectivity index (χ0) is 11.4. The van der Waals surface area contributed by atoms with Crippen LogP contribution < -0.4 is 5.73 Å². The number of nitrogens with zero attached hydrogens (tertiary/aromatic N) is 3. The number of aryl methyl sites for hydroxylation is 2. The van der Waals surface area contributed by atoms with Crippen LogP contribution in [0.15, 0.2) is 29.9 Å². The molecule has 0 spiro atoms. The van der Waals surface area contributed by atoms with Crippen molar-refractivity contribution in [2.24, 2.45) is 10.7 Å². The molecule has 5 heteroatoms. The summed E-state index contributed by atoms with van der Waals surface area (Å²) in [6, 6.07) is 1.93. The van der Waals surface area contributed by atoms with Crippen LogP contribution in [0.3, 0.4) is 0 Å². The molecule has 0 aromatic carbocycles. The molecular formula is C10H13ClN4. The highest BCUT2D eigenvalue weighted by Gasteiger charge is 2.05. The van der Waals surface area contributed by atoms with Gasteiger partial charge in [0.05, 0.1) is 5.69 Å². The van der Waals surface area contributed by atoms with Gasteiger partial charge in [-0.2, -0.15) is 5.10 Å². The Morgan fingerprint density at radius 2 is 2.33 bits per heavy atom. The van der Waals surface area contributed by atoms with Gasteiger partial charge in [-0.3, -0.25) is 0 Å². The molecule has 0 saturated carbocycles. The lowest BCUT2D eigenvalue weighted by Gasteiger charge is -2.03. The van der Waals surface area contributed by atoms with E-state index >= 15 is 0 Å². The fourth-order valence-corrected chi connectivity index (χ4v) is 1.26. The maximum absolute atomic E-state index is 5.74. The van der Waals surface area contributed by atoms with Gasteiger partial charge in [-0.25, -0.2) is 9.67 Å². The molecule has 0 atom stereocenters. The third kappa shape index (κ3) is 2.70. The molecule has 1 rings (SSSR count). The maximum atomic E-state index is 5.74. The van der Waals surface area contributed by atoms with Gasteiger partial charge in [-0.05, 0) is 26.0 Å². The minimum atomic E-state index is 0.277. The molecule has 0 unspecified atom stereocenters. The van der Waals surface area contributed by atoms with Crippen molar-refractivity contribution in [2.75, 3.05) is 0 Å². The van der Waals surface area contributed by atoms with E-state index in [2.05, 4.69) is 16.7 Å². The van der Waals surface area contributed by atoms with Crippen molar-refractivity contribution in [3.05, 3.63) is 36.3 Å². The van der Waals surface area contributed by atoms with Gasteiger partial charge < -0.3 is 5.73 Å². The van der Waals surface area contributed by atoms with Gasteiger partial charge in [-0.1, -0.05) is 18.2 Å². The monoisotopic (exact) mass is 224 g/mol. The Morgan fingerprint density at radius 1 is 1.67 bits per heavy atom. The topological polar surface area (TPSA) is 56.2 Å². The molecule has 0 aliphatic rings. The fraction of sp³-hybridized carbons (Fsp3) is 0.200. The Morgan fingerprint density at radius 3 is 2.73 bits per heavy atom. The van der Waals surface area contributed by atoms with Crippen LogP contribution in [0.2, 0.25) is 0 Å². The molecule has 1 aromatic rings. The predicted molar refractivity (Wildman–Crippen MR) is 63.6 cm³/mol. The largest absolute Gasteiger partial charge is 0.402 e. The van der Waals surface area contributed by atoms with E-state index in [9.17, 15) is 0 Å². The third-order valence-corrected chi connectivity index (χ3v) is 2.00. The van der Waals surface area contributed by atoms with E-state index < -0.39 is 0 Å². The number of aromatic nitrogens is 2. The number of hydrogen-bond acceptors (Lipinski definition) is 3. The van der Waals surface area contributed by atoms with Crippen LogP contribution in [-0.2, 0) is 0 Å². The van der Waals surface area contributed by atoms with Crippen LogP contribution >= 0.6 is 11.6 Å². The molecule has 0 amide bonds. The van der Waals surface area contributed by atoms with E-state index in [1.165, 1.54) is 12.3 Å². The summed E-state index contributed by atoms with van der Waals surface area (Å²) in [7, 11) is 0. The van der Waals surface area contributed by atoms with Crippen molar-refractivity contribution in [1.82, 2.24) is 9.78 Å². The predicted octanol–water partition coefficient (Wildman–Crippen LogP) is 2.04. The number of hydrogen-bond donors (Lipinski definition) is 1. The van der Waals surface area contributed by atoms with Gasteiger partial charge in [0.1, 0.15) is 5.17 Å². The van der Waals surface area contributed by atoms with Crippen LogP contribution in [-0.4, -0.2) is 15.0 Å². The summed E-state index contributed by atoms with van der Waals surface area (Å²) in [5.74, 6) is 0.477. The third-order valence-electron chi connectivity index (χ3n) is 1.77. The van der Waals surface area contributed by atoms with E-state index in [1.807, 2.05) is 19.9 Å². The summed E-state index contributed by atoms with van der Waals surface area (Å²) in [6.45, 7) is 7.33. The summed E-state index contributed by atoms with van der Waals surface area (Å²) >= 11 is 5.74. The smallest absolute Gasteiger partial charge is 0.170 e. The zero-order valence-electron chi connectivity index (χ0n) is 8.74. The molecule has 0 aliphatic heterocycles. The van der Waals surface area contributed by atoms with Crippen LogP contribution in [0.5, 0.6) is 0 Å². The molecule has 4 nitrogen and oxygen atoms in total. The van der Waals surface area contributed by atoms with Crippen LogP contribution in [0.1, 0.15) is 11.4 Å².